The molecule has 0 saturated heterocycles. The number of nitrogens with two attached hydrogens (primary N) is 1. The molecular weight excluding hydrogens is 326 g/mol. The van der Waals surface area contributed by atoms with E-state index in [1.54, 1.807) is 6.07 Å². The number of para-hydroxylation sites is 1. The molecule has 0 aliphatic carbocycles. The quantitative estimate of drug-likeness (QED) is 0.885. The lowest BCUT2D eigenvalue weighted by molar-refractivity contribution is 0.180. The average Bonchev–Trinajstić information content (AvgIpc) is 2.39. The average molecular weight is 341 g/mol. The summed E-state index contributed by atoms with van der Waals surface area (Å²) in [7, 11) is 0. The number of hydrogen-bond acceptors (Lipinski definition) is 2. The largest absolute Gasteiger partial charge is 0.483 e. The van der Waals surface area contributed by atoms with Gasteiger partial charge < -0.3 is 10.5 Å². The summed E-state index contributed by atoms with van der Waals surface area (Å²) >= 11 is 9.53. The molecule has 4 heteroatoms. The maximum absolute atomic E-state index is 6.11. The minimum Gasteiger partial charge on any atom is -0.483 e. The highest BCUT2D eigenvalue weighted by Crippen LogP contribution is 2.30. The van der Waals surface area contributed by atoms with Crippen LogP contribution in [-0.2, 0) is 0 Å². The first kappa shape index (κ1) is 14.4. The Bertz CT molecular complexity index is 542. The summed E-state index contributed by atoms with van der Waals surface area (Å²) in [5, 5.41) is 0.588. The molecule has 2 N–H and O–H groups in total. The van der Waals surface area contributed by atoms with E-state index in [0.29, 0.717) is 10.8 Å². The summed E-state index contributed by atoms with van der Waals surface area (Å²) in [4.78, 5) is 0. The first-order chi connectivity index (χ1) is 9.08. The van der Waals surface area contributed by atoms with E-state index in [1.165, 1.54) is 0 Å². The van der Waals surface area contributed by atoms with Crippen molar-refractivity contribution < 1.29 is 4.74 Å². The SMILES string of the molecule is CC(N)C(Oc1ccccc1Cl)c1ccc(Br)cc1. The molecule has 0 fully saturated rings. The fourth-order valence-electron chi connectivity index (χ4n) is 1.81. The highest BCUT2D eigenvalue weighted by molar-refractivity contribution is 9.10. The number of halogens is 2. The summed E-state index contributed by atoms with van der Waals surface area (Å²) in [6.45, 7) is 1.92. The van der Waals surface area contributed by atoms with E-state index in [9.17, 15) is 0 Å². The summed E-state index contributed by atoms with van der Waals surface area (Å²) in [6, 6.07) is 15.2. The van der Waals surface area contributed by atoms with Crippen LogP contribution in [0.2, 0.25) is 5.02 Å². The van der Waals surface area contributed by atoms with Crippen LogP contribution in [0.25, 0.3) is 0 Å². The van der Waals surface area contributed by atoms with Gasteiger partial charge in [0.15, 0.2) is 0 Å². The fourth-order valence-corrected chi connectivity index (χ4v) is 2.25. The Labute approximate surface area is 126 Å². The maximum atomic E-state index is 6.11. The van der Waals surface area contributed by atoms with Crippen molar-refractivity contribution in [1.29, 1.82) is 0 Å². The van der Waals surface area contributed by atoms with Gasteiger partial charge in [0.1, 0.15) is 11.9 Å². The van der Waals surface area contributed by atoms with E-state index in [4.69, 9.17) is 22.1 Å². The third kappa shape index (κ3) is 3.72. The Kier molecular flexibility index (Phi) is 4.86. The van der Waals surface area contributed by atoms with Gasteiger partial charge in [0.25, 0.3) is 0 Å². The Morgan fingerprint density at radius 3 is 2.32 bits per heavy atom. The molecule has 2 aromatic rings. The van der Waals surface area contributed by atoms with Crippen molar-refractivity contribution >= 4 is 27.5 Å². The fraction of sp³-hybridized carbons (Fsp3) is 0.200. The van der Waals surface area contributed by atoms with Gasteiger partial charge in [-0.15, -0.1) is 0 Å². The van der Waals surface area contributed by atoms with Gasteiger partial charge in [0.2, 0.25) is 0 Å². The predicted octanol–water partition coefficient (Wildman–Crippen LogP) is 4.57. The van der Waals surface area contributed by atoms with Gasteiger partial charge in [0, 0.05) is 10.5 Å². The maximum Gasteiger partial charge on any atom is 0.139 e. The van der Waals surface area contributed by atoms with Crippen molar-refractivity contribution in [2.24, 2.45) is 5.73 Å². The molecule has 0 saturated carbocycles. The molecule has 2 unspecified atom stereocenters. The van der Waals surface area contributed by atoms with Crippen LogP contribution in [0.1, 0.15) is 18.6 Å². The van der Waals surface area contributed by atoms with Gasteiger partial charge >= 0.3 is 0 Å². The van der Waals surface area contributed by atoms with Crippen LogP contribution in [0, 0.1) is 0 Å². The monoisotopic (exact) mass is 339 g/mol. The van der Waals surface area contributed by atoms with Gasteiger partial charge in [-0.05, 0) is 36.8 Å². The van der Waals surface area contributed by atoms with E-state index in [-0.39, 0.29) is 12.1 Å². The van der Waals surface area contributed by atoms with Crippen molar-refractivity contribution in [3.8, 4) is 5.75 Å². The first-order valence-electron chi connectivity index (χ1n) is 6.00. The molecule has 0 radical (unpaired) electrons. The second kappa shape index (κ2) is 6.42. The number of rotatable bonds is 4. The molecule has 2 nitrogen and oxygen atoms in total. The van der Waals surface area contributed by atoms with Crippen LogP contribution in [0.3, 0.4) is 0 Å². The second-order valence-corrected chi connectivity index (χ2v) is 5.70. The highest BCUT2D eigenvalue weighted by atomic mass is 79.9. The van der Waals surface area contributed by atoms with Gasteiger partial charge in [-0.3, -0.25) is 0 Å². The summed E-state index contributed by atoms with van der Waals surface area (Å²) in [6.07, 6.45) is -0.229. The summed E-state index contributed by atoms with van der Waals surface area (Å²) in [5.41, 5.74) is 7.05. The third-order valence-electron chi connectivity index (χ3n) is 2.77. The smallest absolute Gasteiger partial charge is 0.139 e. The highest BCUT2D eigenvalue weighted by Gasteiger charge is 2.19. The third-order valence-corrected chi connectivity index (χ3v) is 3.61. The van der Waals surface area contributed by atoms with E-state index in [1.807, 2.05) is 49.4 Å². The summed E-state index contributed by atoms with van der Waals surface area (Å²) in [5.74, 6) is 0.648. The van der Waals surface area contributed by atoms with Gasteiger partial charge in [0.05, 0.1) is 5.02 Å². The van der Waals surface area contributed by atoms with Crippen molar-refractivity contribution in [2.75, 3.05) is 0 Å². The van der Waals surface area contributed by atoms with Crippen LogP contribution in [0.5, 0.6) is 5.75 Å². The predicted molar refractivity (Wildman–Crippen MR) is 82.6 cm³/mol. The number of benzene rings is 2. The molecule has 100 valence electrons. The van der Waals surface area contributed by atoms with Crippen molar-refractivity contribution in [3.63, 3.8) is 0 Å². The molecule has 0 amide bonds. The van der Waals surface area contributed by atoms with Gasteiger partial charge in [-0.25, -0.2) is 0 Å². The lowest BCUT2D eigenvalue weighted by Gasteiger charge is -2.23. The van der Waals surface area contributed by atoms with Crippen molar-refractivity contribution in [1.82, 2.24) is 0 Å². The zero-order chi connectivity index (χ0) is 13.8. The molecule has 0 spiro atoms. The molecule has 0 aromatic heterocycles. The standard InChI is InChI=1S/C15H15BrClNO/c1-10(18)15(11-6-8-12(16)9-7-11)19-14-5-3-2-4-13(14)17/h2-10,15H,18H2,1H3. The zero-order valence-electron chi connectivity index (χ0n) is 10.5. The Hall–Kier alpha value is -1.03. The van der Waals surface area contributed by atoms with Crippen LogP contribution in [0.4, 0.5) is 0 Å². The molecular formula is C15H15BrClNO. The molecule has 0 bridgehead atoms. The van der Waals surface area contributed by atoms with Crippen LogP contribution in [-0.4, -0.2) is 6.04 Å². The van der Waals surface area contributed by atoms with Gasteiger partial charge in [-0.2, -0.15) is 0 Å². The number of ether oxygens (including phenoxy) is 1. The van der Waals surface area contributed by atoms with Crippen LogP contribution < -0.4 is 10.5 Å². The minimum atomic E-state index is -0.229. The normalized spacial score (nSPS) is 13.9. The second-order valence-electron chi connectivity index (χ2n) is 4.38. The lowest BCUT2D eigenvalue weighted by Crippen LogP contribution is -2.29. The molecule has 19 heavy (non-hydrogen) atoms. The molecule has 0 aliphatic rings. The Morgan fingerprint density at radius 2 is 1.74 bits per heavy atom. The minimum absolute atomic E-state index is 0.141. The lowest BCUT2D eigenvalue weighted by atomic mass is 10.0. The van der Waals surface area contributed by atoms with E-state index >= 15 is 0 Å². The van der Waals surface area contributed by atoms with Crippen molar-refractivity contribution in [2.45, 2.75) is 19.1 Å². The molecule has 0 heterocycles. The molecule has 0 aliphatic heterocycles. The summed E-state index contributed by atoms with van der Waals surface area (Å²) < 4.78 is 6.99. The van der Waals surface area contributed by atoms with E-state index < -0.39 is 0 Å². The molecule has 2 atom stereocenters. The molecule has 2 rings (SSSR count). The van der Waals surface area contributed by atoms with Crippen LogP contribution in [0.15, 0.2) is 53.0 Å². The Balaban J connectivity index is 2.26. The van der Waals surface area contributed by atoms with Gasteiger partial charge in [-0.1, -0.05) is 51.8 Å². The Morgan fingerprint density at radius 1 is 1.11 bits per heavy atom. The van der Waals surface area contributed by atoms with E-state index in [2.05, 4.69) is 15.9 Å². The van der Waals surface area contributed by atoms with Crippen molar-refractivity contribution in [3.05, 3.63) is 63.6 Å². The van der Waals surface area contributed by atoms with E-state index in [0.717, 1.165) is 10.0 Å². The topological polar surface area (TPSA) is 35.2 Å². The zero-order valence-corrected chi connectivity index (χ0v) is 12.9. The molecule has 2 aromatic carbocycles. The van der Waals surface area contributed by atoms with Crippen LogP contribution >= 0.6 is 27.5 Å². The number of hydrogen-bond donors (Lipinski definition) is 1. The first-order valence-corrected chi connectivity index (χ1v) is 7.17.